The highest BCUT2D eigenvalue weighted by atomic mass is 35.5. The Morgan fingerprint density at radius 1 is 1.26 bits per heavy atom. The third kappa shape index (κ3) is 7.09. The van der Waals surface area contributed by atoms with E-state index in [1.165, 1.54) is 18.2 Å². The number of amides is 1. The third-order valence-electron chi connectivity index (χ3n) is 4.78. The molecule has 0 spiro atoms. The molecule has 1 amide bonds. The minimum absolute atomic E-state index is 0.0311. The molecule has 0 aromatic heterocycles. The van der Waals surface area contributed by atoms with Crippen LogP contribution in [0.15, 0.2) is 36.4 Å². The van der Waals surface area contributed by atoms with Gasteiger partial charge in [0.25, 0.3) is 5.91 Å². The summed E-state index contributed by atoms with van der Waals surface area (Å²) < 4.78 is 24.7. The maximum Gasteiger partial charge on any atom is 0.255 e. The molecule has 0 aliphatic carbocycles. The van der Waals surface area contributed by atoms with Gasteiger partial charge < -0.3 is 24.8 Å². The van der Waals surface area contributed by atoms with Crippen molar-refractivity contribution >= 4 is 28.9 Å². The van der Waals surface area contributed by atoms with Gasteiger partial charge >= 0.3 is 0 Å². The van der Waals surface area contributed by atoms with E-state index in [2.05, 4.69) is 17.1 Å². The van der Waals surface area contributed by atoms with Crippen LogP contribution in [0.2, 0.25) is 5.02 Å². The minimum Gasteiger partial charge on any atom is -0.495 e. The van der Waals surface area contributed by atoms with E-state index in [4.69, 9.17) is 26.2 Å². The Morgan fingerprint density at radius 2 is 2.03 bits per heavy atom. The van der Waals surface area contributed by atoms with Gasteiger partial charge in [-0.2, -0.15) is 0 Å². The van der Waals surface area contributed by atoms with Crippen molar-refractivity contribution in [3.63, 3.8) is 0 Å². The molecule has 2 rings (SSSR count). The smallest absolute Gasteiger partial charge is 0.255 e. The van der Waals surface area contributed by atoms with E-state index < -0.39 is 5.82 Å². The summed E-state index contributed by atoms with van der Waals surface area (Å²) in [6.45, 7) is 5.69. The van der Waals surface area contributed by atoms with Crippen LogP contribution in [0.1, 0.15) is 37.0 Å². The lowest BCUT2D eigenvalue weighted by molar-refractivity contribution is 0.0307. The maximum absolute atomic E-state index is 13.4. The molecule has 0 saturated carbocycles. The molecule has 0 aliphatic heterocycles. The van der Waals surface area contributed by atoms with Crippen LogP contribution in [0, 0.1) is 5.82 Å². The molecule has 0 saturated heterocycles. The van der Waals surface area contributed by atoms with Gasteiger partial charge in [-0.15, -0.1) is 0 Å². The van der Waals surface area contributed by atoms with Gasteiger partial charge in [-0.3, -0.25) is 4.79 Å². The molecule has 1 atom stereocenters. The topological polar surface area (TPSA) is 71.0 Å². The number of aliphatic hydroxyl groups is 1. The number of hydrogen-bond acceptors (Lipinski definition) is 5. The summed E-state index contributed by atoms with van der Waals surface area (Å²) in [6.07, 6.45) is 1.61. The first kappa shape index (κ1) is 24.9. The molecule has 2 aromatic rings. The number of halogens is 2. The van der Waals surface area contributed by atoms with Gasteiger partial charge in [0.05, 0.1) is 37.1 Å². The second kappa shape index (κ2) is 12.5. The standard InChI is InChI=1S/C23H30ClFN2O4/c1-4-10-27(15-18(5-2)31-12-11-28)21-13-16(6-9-22(21)30-3)23(29)26-17-7-8-20(25)19(24)14-17/h6-9,13-14,18,28H,4-5,10-12,15H2,1-3H3,(H,26,29). The normalized spacial score (nSPS) is 11.8. The van der Waals surface area contributed by atoms with Crippen LogP contribution in [-0.4, -0.2) is 50.5 Å². The molecular formula is C23H30ClFN2O4. The Hall–Kier alpha value is -2.35. The van der Waals surface area contributed by atoms with Crippen molar-refractivity contribution in [2.75, 3.05) is 43.6 Å². The molecular weight excluding hydrogens is 423 g/mol. The number of rotatable bonds is 12. The Labute approximate surface area is 187 Å². The molecule has 2 aromatic carbocycles. The second-order valence-electron chi connectivity index (χ2n) is 7.04. The number of hydrogen-bond donors (Lipinski definition) is 2. The molecule has 170 valence electrons. The molecule has 8 heteroatoms. The summed E-state index contributed by atoms with van der Waals surface area (Å²) in [5, 5.41) is 11.7. The van der Waals surface area contributed by atoms with Gasteiger partial charge in [0.2, 0.25) is 0 Å². The van der Waals surface area contributed by atoms with Crippen molar-refractivity contribution in [1.29, 1.82) is 0 Å². The third-order valence-corrected chi connectivity index (χ3v) is 5.07. The van der Waals surface area contributed by atoms with Gasteiger partial charge in [0, 0.05) is 24.3 Å². The van der Waals surface area contributed by atoms with Gasteiger partial charge in [-0.1, -0.05) is 25.4 Å². The molecule has 0 aliphatic rings. The van der Waals surface area contributed by atoms with Gasteiger partial charge in [-0.25, -0.2) is 4.39 Å². The van der Waals surface area contributed by atoms with E-state index in [9.17, 15) is 9.18 Å². The summed E-state index contributed by atoms with van der Waals surface area (Å²) in [4.78, 5) is 14.9. The highest BCUT2D eigenvalue weighted by molar-refractivity contribution is 6.31. The first-order chi connectivity index (χ1) is 14.9. The van der Waals surface area contributed by atoms with E-state index in [-0.39, 0.29) is 30.2 Å². The quantitative estimate of drug-likeness (QED) is 0.486. The lowest BCUT2D eigenvalue weighted by Crippen LogP contribution is -2.35. The number of anilines is 2. The molecule has 1 unspecified atom stereocenters. The highest BCUT2D eigenvalue weighted by Gasteiger charge is 2.19. The lowest BCUT2D eigenvalue weighted by atomic mass is 10.1. The van der Waals surface area contributed by atoms with Gasteiger partial charge in [0.1, 0.15) is 11.6 Å². The second-order valence-corrected chi connectivity index (χ2v) is 7.45. The van der Waals surface area contributed by atoms with E-state index >= 15 is 0 Å². The molecule has 0 fully saturated rings. The van der Waals surface area contributed by atoms with Gasteiger partial charge in [-0.05, 0) is 49.2 Å². The molecule has 6 nitrogen and oxygen atoms in total. The van der Waals surface area contributed by atoms with Crippen LogP contribution in [0.5, 0.6) is 5.75 Å². The van der Waals surface area contributed by atoms with Crippen LogP contribution in [0.4, 0.5) is 15.8 Å². The predicted molar refractivity (Wildman–Crippen MR) is 122 cm³/mol. The SMILES string of the molecule is CCCN(CC(CC)OCCO)c1cc(C(=O)Nc2ccc(F)c(Cl)c2)ccc1OC. The summed E-state index contributed by atoms with van der Waals surface area (Å²) in [5.74, 6) is -0.242. The lowest BCUT2D eigenvalue weighted by Gasteiger charge is -2.30. The van der Waals surface area contributed by atoms with Crippen molar-refractivity contribution in [2.24, 2.45) is 0 Å². The van der Waals surface area contributed by atoms with Crippen LogP contribution >= 0.6 is 11.6 Å². The summed E-state index contributed by atoms with van der Waals surface area (Å²) >= 11 is 5.81. The Kier molecular flexibility index (Phi) is 10.0. The zero-order valence-corrected chi connectivity index (χ0v) is 18.9. The van der Waals surface area contributed by atoms with E-state index in [0.717, 1.165) is 25.1 Å². The van der Waals surface area contributed by atoms with Crippen LogP contribution < -0.4 is 15.0 Å². The number of ether oxygens (including phenoxy) is 2. The monoisotopic (exact) mass is 452 g/mol. The fraction of sp³-hybridized carbons (Fsp3) is 0.435. The van der Waals surface area contributed by atoms with Crippen molar-refractivity contribution in [2.45, 2.75) is 32.8 Å². The summed E-state index contributed by atoms with van der Waals surface area (Å²) in [6, 6.07) is 9.22. The summed E-state index contributed by atoms with van der Waals surface area (Å²) in [5.41, 5.74) is 1.62. The zero-order valence-electron chi connectivity index (χ0n) is 18.2. The van der Waals surface area contributed by atoms with Crippen LogP contribution in [-0.2, 0) is 4.74 Å². The van der Waals surface area contributed by atoms with Crippen molar-refractivity contribution in [3.05, 3.63) is 52.8 Å². The Bertz CT molecular complexity index is 865. The van der Waals surface area contributed by atoms with E-state index in [1.54, 1.807) is 25.3 Å². The van der Waals surface area contributed by atoms with Crippen molar-refractivity contribution < 1.29 is 23.8 Å². The number of aliphatic hydroxyl groups excluding tert-OH is 1. The van der Waals surface area contributed by atoms with Crippen LogP contribution in [0.25, 0.3) is 0 Å². The number of methoxy groups -OCH3 is 1. The predicted octanol–water partition coefficient (Wildman–Crippen LogP) is 4.74. The number of nitrogens with one attached hydrogen (secondary N) is 1. The Balaban J connectivity index is 2.28. The highest BCUT2D eigenvalue weighted by Crippen LogP contribution is 2.31. The number of carbonyl (C=O) groups is 1. The maximum atomic E-state index is 13.4. The fourth-order valence-electron chi connectivity index (χ4n) is 3.20. The zero-order chi connectivity index (χ0) is 22.8. The Morgan fingerprint density at radius 3 is 2.65 bits per heavy atom. The minimum atomic E-state index is -0.546. The molecule has 0 radical (unpaired) electrons. The number of benzene rings is 2. The summed E-state index contributed by atoms with van der Waals surface area (Å²) in [7, 11) is 1.59. The largest absolute Gasteiger partial charge is 0.495 e. The van der Waals surface area contributed by atoms with Gasteiger partial charge in [0.15, 0.2) is 0 Å². The van der Waals surface area contributed by atoms with Crippen molar-refractivity contribution in [3.8, 4) is 5.75 Å². The van der Waals surface area contributed by atoms with E-state index in [0.29, 0.717) is 23.5 Å². The number of carbonyl (C=O) groups excluding carboxylic acids is 1. The molecule has 2 N–H and O–H groups in total. The average Bonchev–Trinajstić information content (AvgIpc) is 2.77. The first-order valence-electron chi connectivity index (χ1n) is 10.3. The molecule has 31 heavy (non-hydrogen) atoms. The molecule has 0 heterocycles. The van der Waals surface area contributed by atoms with E-state index in [1.807, 2.05) is 6.92 Å². The average molecular weight is 453 g/mol. The van der Waals surface area contributed by atoms with Crippen molar-refractivity contribution in [1.82, 2.24) is 0 Å². The number of nitrogens with zero attached hydrogens (tertiary/aromatic N) is 1. The fourth-order valence-corrected chi connectivity index (χ4v) is 3.38. The first-order valence-corrected chi connectivity index (χ1v) is 10.7. The molecule has 0 bridgehead atoms. The van der Waals surface area contributed by atoms with Crippen LogP contribution in [0.3, 0.4) is 0 Å².